The number of hydrogen-bond donors (Lipinski definition) is 1. The second-order valence-electron chi connectivity index (χ2n) is 7.41. The van der Waals surface area contributed by atoms with Crippen LogP contribution in [0.4, 0.5) is 11.4 Å². The van der Waals surface area contributed by atoms with Crippen molar-refractivity contribution in [1.82, 2.24) is 5.01 Å². The maximum Gasteiger partial charge on any atom is 0.209 e. The number of aryl methyl sites for hydroxylation is 3. The van der Waals surface area contributed by atoms with Crippen LogP contribution in [0.3, 0.4) is 0 Å². The summed E-state index contributed by atoms with van der Waals surface area (Å²) < 4.78 is 5.58. The van der Waals surface area contributed by atoms with Crippen molar-refractivity contribution in [3.63, 3.8) is 0 Å². The van der Waals surface area contributed by atoms with E-state index >= 15 is 0 Å². The molecule has 1 fully saturated rings. The molecule has 0 spiro atoms. The van der Waals surface area contributed by atoms with Gasteiger partial charge in [0, 0.05) is 25.3 Å². The van der Waals surface area contributed by atoms with Crippen molar-refractivity contribution in [2.24, 2.45) is 0 Å². The normalized spacial score (nSPS) is 17.3. The largest absolute Gasteiger partial charge is 0.495 e. The number of para-hydroxylation sites is 1. The van der Waals surface area contributed by atoms with E-state index in [1.54, 1.807) is 7.11 Å². The molecular formula is C23H31N3O2S. The van der Waals surface area contributed by atoms with Gasteiger partial charge in [-0.2, -0.15) is 0 Å². The lowest BCUT2D eigenvalue weighted by molar-refractivity contribution is -0.115. The minimum absolute atomic E-state index is 0.166. The van der Waals surface area contributed by atoms with Crippen LogP contribution >= 0.6 is 11.8 Å². The quantitative estimate of drug-likeness (QED) is 0.763. The van der Waals surface area contributed by atoms with Gasteiger partial charge < -0.3 is 15.1 Å². The van der Waals surface area contributed by atoms with Crippen molar-refractivity contribution < 1.29 is 9.53 Å². The molecule has 1 aliphatic heterocycles. The van der Waals surface area contributed by atoms with E-state index in [9.17, 15) is 4.79 Å². The zero-order valence-electron chi connectivity index (χ0n) is 18.0. The zero-order chi connectivity index (χ0) is 21.0. The molecule has 156 valence electrons. The predicted molar refractivity (Wildman–Crippen MR) is 123 cm³/mol. The minimum Gasteiger partial charge on any atom is -0.495 e. The fraction of sp³-hybridized carbons (Fsp3) is 0.435. The molecule has 1 saturated heterocycles. The minimum atomic E-state index is -0.241. The smallest absolute Gasteiger partial charge is 0.209 e. The Morgan fingerprint density at radius 1 is 1.21 bits per heavy atom. The highest BCUT2D eigenvalue weighted by Gasteiger charge is 2.33. The summed E-state index contributed by atoms with van der Waals surface area (Å²) >= 11 is 1.29. The molecule has 1 atom stereocenters. The number of methoxy groups -OCH3 is 1. The summed E-state index contributed by atoms with van der Waals surface area (Å²) in [6, 6.07) is 12.4. The van der Waals surface area contributed by atoms with Gasteiger partial charge in [0.05, 0.1) is 12.8 Å². The van der Waals surface area contributed by atoms with Crippen molar-refractivity contribution in [3.8, 4) is 5.75 Å². The number of carbonyl (C=O) groups is 1. The third-order valence-electron chi connectivity index (χ3n) is 5.65. The highest BCUT2D eigenvalue weighted by molar-refractivity contribution is 8.13. The number of ether oxygens (including phenoxy) is 1. The highest BCUT2D eigenvalue weighted by atomic mass is 32.2. The Morgan fingerprint density at radius 2 is 1.93 bits per heavy atom. The highest BCUT2D eigenvalue weighted by Crippen LogP contribution is 2.31. The van der Waals surface area contributed by atoms with Gasteiger partial charge in [0.1, 0.15) is 11.8 Å². The molecule has 0 aliphatic carbocycles. The average Bonchev–Trinajstić information content (AvgIpc) is 2.75. The number of thioether (sulfide) groups is 1. The van der Waals surface area contributed by atoms with E-state index in [2.05, 4.69) is 66.4 Å². The van der Waals surface area contributed by atoms with Crippen LogP contribution in [0, 0.1) is 13.8 Å². The Morgan fingerprint density at radius 3 is 2.62 bits per heavy atom. The second-order valence-corrected chi connectivity index (χ2v) is 8.22. The number of hydrogen-bond acceptors (Lipinski definition) is 6. The van der Waals surface area contributed by atoms with Gasteiger partial charge in [0.15, 0.2) is 0 Å². The molecule has 0 bridgehead atoms. The van der Waals surface area contributed by atoms with Crippen LogP contribution in [0.2, 0.25) is 0 Å². The van der Waals surface area contributed by atoms with E-state index in [1.165, 1.54) is 34.1 Å². The van der Waals surface area contributed by atoms with E-state index < -0.39 is 0 Å². The standard InChI is InChI=1S/C23H31N3O2S/c1-6-18-9-7-8-10-20(18)25-11-12-26(21(15-25)23(27)29-5)24-19-13-16(2)17(3)14-22(19)28-4/h7-10,13-14,21,24H,6,11-12,15H2,1-5H3. The fourth-order valence-corrected chi connectivity index (χ4v) is 4.27. The zero-order valence-corrected chi connectivity index (χ0v) is 18.8. The van der Waals surface area contributed by atoms with Crippen LogP contribution in [0.1, 0.15) is 23.6 Å². The fourth-order valence-electron chi connectivity index (χ4n) is 3.79. The van der Waals surface area contributed by atoms with Crippen LogP contribution in [0.5, 0.6) is 5.75 Å². The molecule has 0 amide bonds. The van der Waals surface area contributed by atoms with Gasteiger partial charge in [0.25, 0.3) is 0 Å². The lowest BCUT2D eigenvalue weighted by Gasteiger charge is -2.42. The Kier molecular flexibility index (Phi) is 7.09. The molecule has 1 aliphatic rings. The number of piperazine rings is 1. The first-order valence-corrected chi connectivity index (χ1v) is 11.3. The first-order chi connectivity index (χ1) is 14.0. The predicted octanol–water partition coefficient (Wildman–Crippen LogP) is 4.28. The Bertz CT molecular complexity index is 871. The van der Waals surface area contributed by atoms with Gasteiger partial charge in [-0.3, -0.25) is 4.79 Å². The molecule has 2 aromatic rings. The average molecular weight is 414 g/mol. The lowest BCUT2D eigenvalue weighted by atomic mass is 10.1. The summed E-state index contributed by atoms with van der Waals surface area (Å²) in [6.45, 7) is 8.60. The monoisotopic (exact) mass is 413 g/mol. The number of rotatable bonds is 6. The number of benzene rings is 2. The summed E-state index contributed by atoms with van der Waals surface area (Å²) in [5.41, 5.74) is 9.31. The molecular weight excluding hydrogens is 382 g/mol. The van der Waals surface area contributed by atoms with Crippen LogP contribution in [0.15, 0.2) is 36.4 Å². The van der Waals surface area contributed by atoms with E-state index in [4.69, 9.17) is 4.74 Å². The molecule has 1 unspecified atom stereocenters. The molecule has 1 N–H and O–H groups in total. The molecule has 6 heteroatoms. The number of carbonyl (C=O) groups excluding carboxylic acids is 1. The van der Waals surface area contributed by atoms with Gasteiger partial charge in [0.2, 0.25) is 5.12 Å². The number of hydrazine groups is 1. The molecule has 0 aromatic heterocycles. The van der Waals surface area contributed by atoms with Crippen LogP contribution in [0.25, 0.3) is 0 Å². The van der Waals surface area contributed by atoms with E-state index in [1.807, 2.05) is 12.3 Å². The van der Waals surface area contributed by atoms with Gasteiger partial charge in [-0.25, -0.2) is 5.01 Å². The molecule has 5 nitrogen and oxygen atoms in total. The van der Waals surface area contributed by atoms with Crippen molar-refractivity contribution >= 4 is 28.3 Å². The summed E-state index contributed by atoms with van der Waals surface area (Å²) in [7, 11) is 1.68. The first-order valence-electron chi connectivity index (χ1n) is 10.1. The Labute approximate surface area is 178 Å². The van der Waals surface area contributed by atoms with Gasteiger partial charge >= 0.3 is 0 Å². The maximum absolute atomic E-state index is 12.8. The third kappa shape index (κ3) is 4.70. The SMILES string of the molecule is CCc1ccccc1N1CCN(Nc2cc(C)c(C)cc2OC)C(C(=O)SC)C1. The topological polar surface area (TPSA) is 44.8 Å². The van der Waals surface area contributed by atoms with Crippen molar-refractivity contribution in [1.29, 1.82) is 0 Å². The number of nitrogens with one attached hydrogen (secondary N) is 1. The van der Waals surface area contributed by atoms with Crippen LogP contribution in [-0.4, -0.2) is 49.2 Å². The molecule has 3 rings (SSSR count). The van der Waals surface area contributed by atoms with Crippen molar-refractivity contribution in [2.75, 3.05) is 43.3 Å². The van der Waals surface area contributed by atoms with Gasteiger partial charge in [-0.1, -0.05) is 36.9 Å². The lowest BCUT2D eigenvalue weighted by Crippen LogP contribution is -2.58. The Balaban J connectivity index is 1.86. The van der Waals surface area contributed by atoms with Crippen molar-refractivity contribution in [2.45, 2.75) is 33.2 Å². The maximum atomic E-state index is 12.8. The summed E-state index contributed by atoms with van der Waals surface area (Å²) in [4.78, 5) is 15.1. The first kappa shape index (κ1) is 21.5. The van der Waals surface area contributed by atoms with Crippen molar-refractivity contribution in [3.05, 3.63) is 53.1 Å². The molecule has 29 heavy (non-hydrogen) atoms. The van der Waals surface area contributed by atoms with Gasteiger partial charge in [-0.05, 0) is 61.4 Å². The summed E-state index contributed by atoms with van der Waals surface area (Å²) in [5, 5.41) is 2.23. The molecule has 0 saturated carbocycles. The summed E-state index contributed by atoms with van der Waals surface area (Å²) in [6.07, 6.45) is 2.84. The van der Waals surface area contributed by atoms with E-state index in [0.29, 0.717) is 6.54 Å². The van der Waals surface area contributed by atoms with Crippen LogP contribution in [-0.2, 0) is 11.2 Å². The third-order valence-corrected chi connectivity index (χ3v) is 6.32. The molecule has 0 radical (unpaired) electrons. The number of nitrogens with zero attached hydrogens (tertiary/aromatic N) is 2. The molecule has 2 aromatic carbocycles. The van der Waals surface area contributed by atoms with Gasteiger partial charge in [-0.15, -0.1) is 0 Å². The van der Waals surface area contributed by atoms with Crippen LogP contribution < -0.4 is 15.1 Å². The van der Waals surface area contributed by atoms with E-state index in [-0.39, 0.29) is 11.2 Å². The van der Waals surface area contributed by atoms with E-state index in [0.717, 1.165) is 30.9 Å². The molecule has 1 heterocycles. The second kappa shape index (κ2) is 9.55. The Hall–Kier alpha value is -2.18. The number of anilines is 2. The summed E-state index contributed by atoms with van der Waals surface area (Å²) in [5.74, 6) is 0.794.